The second-order valence-electron chi connectivity index (χ2n) is 2.78. The minimum absolute atomic E-state index is 0. The Bertz CT molecular complexity index is 411. The van der Waals surface area contributed by atoms with E-state index in [0.717, 1.165) is 6.08 Å². The molecule has 0 aromatic carbocycles. The van der Waals surface area contributed by atoms with Crippen molar-refractivity contribution in [2.24, 2.45) is 0 Å². The molecule has 0 atom stereocenters. The Morgan fingerprint density at radius 1 is 1.35 bits per heavy atom. The molecule has 0 unspecified atom stereocenters. The van der Waals surface area contributed by atoms with Crippen LogP contribution in [0, 0.1) is 0 Å². The van der Waals surface area contributed by atoms with E-state index >= 15 is 0 Å². The fraction of sp³-hybridized carbons (Fsp3) is 0.333. The van der Waals surface area contributed by atoms with Crippen molar-refractivity contribution in [1.82, 2.24) is 0 Å². The van der Waals surface area contributed by atoms with E-state index < -0.39 is 34.4 Å². The molecule has 0 spiro atoms. The fourth-order valence-electron chi connectivity index (χ4n) is 0.560. The zero-order chi connectivity index (χ0) is 12.8. The van der Waals surface area contributed by atoms with Gasteiger partial charge in [-0.2, -0.15) is 8.42 Å². The van der Waals surface area contributed by atoms with Crippen LogP contribution in [-0.4, -0.2) is 62.3 Å². The summed E-state index contributed by atoms with van der Waals surface area (Å²) in [5.74, 6) is -2.39. The van der Waals surface area contributed by atoms with Crippen molar-refractivity contribution in [3.8, 4) is 0 Å². The van der Waals surface area contributed by atoms with Gasteiger partial charge < -0.3 is 8.92 Å². The predicted octanol–water partition coefficient (Wildman–Crippen LogP) is -0.484. The third-order valence-corrected chi connectivity index (χ3v) is 2.38. The Morgan fingerprint density at radius 3 is 2.29 bits per heavy atom. The maximum atomic E-state index is 11.0. The first-order valence-corrected chi connectivity index (χ1v) is 5.77. The fourth-order valence-corrected chi connectivity index (χ4v) is 1.25. The molecule has 0 saturated carbocycles. The van der Waals surface area contributed by atoms with E-state index in [2.05, 4.69) is 22.1 Å². The number of carbonyl (C=O) groups excluding carboxylic acids is 2. The van der Waals surface area contributed by atoms with Gasteiger partial charge in [-0.05, 0) is 6.92 Å². The van der Waals surface area contributed by atoms with E-state index in [1.165, 1.54) is 6.92 Å². The summed E-state index contributed by atoms with van der Waals surface area (Å²) in [4.78, 5) is 21.5. The van der Waals surface area contributed by atoms with Gasteiger partial charge >= 0.3 is 51.6 Å². The van der Waals surface area contributed by atoms with Gasteiger partial charge in [0.2, 0.25) is 0 Å². The Kier molecular flexibility index (Phi) is 9.32. The monoisotopic (exact) mass is 272 g/mol. The first-order chi connectivity index (χ1) is 7.28. The van der Waals surface area contributed by atoms with Gasteiger partial charge in [0.25, 0.3) is 0 Å². The van der Waals surface area contributed by atoms with Gasteiger partial charge in [0.05, 0.1) is 0 Å². The molecule has 0 radical (unpaired) electrons. The van der Waals surface area contributed by atoms with Crippen LogP contribution < -0.4 is 0 Å². The summed E-state index contributed by atoms with van der Waals surface area (Å²) in [6.07, 6.45) is 0.720. The molecule has 17 heavy (non-hydrogen) atoms. The third kappa shape index (κ3) is 9.11. The molecule has 0 fully saturated rings. The van der Waals surface area contributed by atoms with Gasteiger partial charge in [-0.3, -0.25) is 0 Å². The summed E-state index contributed by atoms with van der Waals surface area (Å²) in [5.41, 5.74) is 0.153. The van der Waals surface area contributed by atoms with Crippen LogP contribution in [0.25, 0.3) is 0 Å². The molecule has 8 heteroatoms. The quantitative estimate of drug-likeness (QED) is 0.281. The summed E-state index contributed by atoms with van der Waals surface area (Å²) >= 11 is 0. The van der Waals surface area contributed by atoms with Gasteiger partial charge in [-0.25, -0.2) is 9.59 Å². The van der Waals surface area contributed by atoms with Gasteiger partial charge in [0, 0.05) is 11.6 Å². The average molecular weight is 272 g/mol. The van der Waals surface area contributed by atoms with Crippen LogP contribution >= 0.6 is 0 Å². The number of esters is 1. The summed E-state index contributed by atoms with van der Waals surface area (Å²) in [6, 6.07) is 0. The van der Waals surface area contributed by atoms with Crippen molar-refractivity contribution in [1.29, 1.82) is 0 Å². The van der Waals surface area contributed by atoms with Crippen LogP contribution in [0.1, 0.15) is 6.92 Å². The number of ether oxygens (including phenoxy) is 1. The number of hydrogen-bond donors (Lipinski definition) is 0. The second kappa shape index (κ2) is 8.46. The zero-order valence-electron chi connectivity index (χ0n) is 8.76. The van der Waals surface area contributed by atoms with Gasteiger partial charge in [-0.1, -0.05) is 13.2 Å². The van der Waals surface area contributed by atoms with E-state index in [4.69, 9.17) is 0 Å². The van der Waals surface area contributed by atoms with Gasteiger partial charge in [0.15, 0.2) is 0 Å². The number of rotatable bonds is 6. The first kappa shape index (κ1) is 18.7. The van der Waals surface area contributed by atoms with Crippen molar-refractivity contribution in [2.75, 3.05) is 12.4 Å². The molecule has 0 aromatic rings. The number of hydrogen-bond acceptors (Lipinski definition) is 6. The molecule has 0 rings (SSSR count). The van der Waals surface area contributed by atoms with Crippen LogP contribution in [0.3, 0.4) is 0 Å². The van der Waals surface area contributed by atoms with Crippen LogP contribution in [-0.2, 0) is 28.6 Å². The molecule has 0 aromatic heterocycles. The Hall–Kier alpha value is -0.630. The van der Waals surface area contributed by atoms with Gasteiger partial charge in [0.1, 0.15) is 12.4 Å². The summed E-state index contributed by atoms with van der Waals surface area (Å²) in [7, 11) is -4.04. The van der Waals surface area contributed by atoms with Crippen LogP contribution in [0.2, 0.25) is 0 Å². The second-order valence-corrected chi connectivity index (χ2v) is 4.47. The molecule has 0 heterocycles. The van der Waals surface area contributed by atoms with Crippen LogP contribution in [0.5, 0.6) is 0 Å². The Balaban J connectivity index is 0. The topological polar surface area (TPSA) is 86.7 Å². The molecule has 0 aliphatic carbocycles. The van der Waals surface area contributed by atoms with Crippen molar-refractivity contribution in [3.63, 3.8) is 0 Å². The molecule has 0 bridgehead atoms. The molecule has 0 N–H and O–H groups in total. The average Bonchev–Trinajstić information content (AvgIpc) is 2.16. The van der Waals surface area contributed by atoms with E-state index in [1.807, 2.05) is 0 Å². The Labute approximate surface area is 122 Å². The van der Waals surface area contributed by atoms with Gasteiger partial charge in [-0.15, -0.1) is 0 Å². The normalized spacial score (nSPS) is 9.71. The molecule has 6 nitrogen and oxygen atoms in total. The standard InChI is InChI=1S/C9H12O6S.Na.H/c1-4-8(10)15-16(12,13)6-5-14-9(11)7(2)3;;/h4H,1-2,5-6H2,3H3;;. The van der Waals surface area contributed by atoms with E-state index in [-0.39, 0.29) is 35.1 Å². The molecule has 92 valence electrons. The van der Waals surface area contributed by atoms with Crippen LogP contribution in [0.15, 0.2) is 24.8 Å². The molecular weight excluding hydrogens is 259 g/mol. The maximum absolute atomic E-state index is 11.0. The SMILES string of the molecule is C=CC(=O)OS(=O)(=O)CCOC(=O)C(=C)C.[NaH]. The minimum atomic E-state index is -4.04. The molecule has 0 aliphatic rings. The van der Waals surface area contributed by atoms with E-state index in [1.54, 1.807) is 0 Å². The van der Waals surface area contributed by atoms with Crippen LogP contribution in [0.4, 0.5) is 0 Å². The summed E-state index contributed by atoms with van der Waals surface area (Å²) in [6.45, 7) is 7.37. The summed E-state index contributed by atoms with van der Waals surface area (Å²) < 4.78 is 30.6. The third-order valence-electron chi connectivity index (χ3n) is 1.29. The summed E-state index contributed by atoms with van der Waals surface area (Å²) in [5, 5.41) is 0. The van der Waals surface area contributed by atoms with Crippen molar-refractivity contribution in [3.05, 3.63) is 24.8 Å². The molecule has 0 aliphatic heterocycles. The van der Waals surface area contributed by atoms with Crippen molar-refractivity contribution in [2.45, 2.75) is 6.92 Å². The van der Waals surface area contributed by atoms with E-state index in [0.29, 0.717) is 0 Å². The zero-order valence-corrected chi connectivity index (χ0v) is 9.58. The van der Waals surface area contributed by atoms with Crippen molar-refractivity contribution < 1.29 is 26.9 Å². The van der Waals surface area contributed by atoms with Crippen molar-refractivity contribution >= 4 is 51.6 Å². The molecule has 0 saturated heterocycles. The molecular formula is C9H13NaO6S. The Morgan fingerprint density at radius 2 is 1.88 bits per heavy atom. The number of carbonyl (C=O) groups is 2. The van der Waals surface area contributed by atoms with E-state index in [9.17, 15) is 18.0 Å². The molecule has 0 amide bonds. The first-order valence-electron chi connectivity index (χ1n) is 4.19. The predicted molar refractivity (Wildman–Crippen MR) is 63.0 cm³/mol.